The first-order valence-corrected chi connectivity index (χ1v) is 41.7. The first kappa shape index (κ1) is 105. The smallest absolute Gasteiger partial charge is 0.416 e. The van der Waals surface area contributed by atoms with Crippen LogP contribution in [0.5, 0.6) is 0 Å². The number of aromatic nitrogens is 6. The van der Waals surface area contributed by atoms with E-state index in [9.17, 15) is 61.5 Å². The number of ketones is 3. The number of benzene rings is 13. The van der Waals surface area contributed by atoms with Crippen molar-refractivity contribution in [2.45, 2.75) is 151 Å². The molecule has 0 fully saturated rings. The van der Waals surface area contributed by atoms with Gasteiger partial charge >= 0.3 is 12.4 Å². The SMILES string of the molecule is CC(=O)C=C(C)O.CC(C)(C)C(=O)C=C(O)C(C)(C)C.CC(C)(C)C(=O)C=C(O)C(C)(C)C.Cc1[c-]c(-c2nc3cc(C(F)(F)F)cc(C)c3nc2-c2cc(C)cc(C)c2)cc(C)c1.Cc1cc(C(F)(F)F)cc2nc(-c3[c-]cc4ccccc4c3)c(-c3ccc4ccccc4c3)nc12.N#Cc1cc2nc3c4[c-]cccc4c4ccc5ccccc5c4c3nc2cc1C#N.[Ir].[Ir].[Ir]. The number of fused-ring (bicyclic) bond motifs is 13. The molecule has 16 rings (SSSR count). The number of nitriles is 2. The number of halogens is 6. The second-order valence-corrected chi connectivity index (χ2v) is 36.2. The van der Waals surface area contributed by atoms with Crippen molar-refractivity contribution in [2.75, 3.05) is 0 Å². The molecule has 0 saturated carbocycles. The van der Waals surface area contributed by atoms with Crippen LogP contribution in [-0.2, 0) is 87.1 Å². The Hall–Kier alpha value is -12.4. The summed E-state index contributed by atoms with van der Waals surface area (Å²) < 4.78 is 80.8. The fourth-order valence-corrected chi connectivity index (χ4v) is 14.2. The Bertz CT molecular complexity index is 7230. The summed E-state index contributed by atoms with van der Waals surface area (Å²) in [5.74, 6) is 0.146. The molecule has 0 amide bonds. The molecule has 3 radical (unpaired) electrons. The van der Waals surface area contributed by atoms with E-state index in [0.29, 0.717) is 72.7 Å². The number of aliphatic hydroxyl groups is 3. The first-order valence-electron chi connectivity index (χ1n) is 41.7. The van der Waals surface area contributed by atoms with Crippen molar-refractivity contribution in [1.82, 2.24) is 29.9 Å². The van der Waals surface area contributed by atoms with Crippen molar-refractivity contribution in [3.63, 3.8) is 0 Å². The zero-order valence-electron chi connectivity index (χ0n) is 76.7. The van der Waals surface area contributed by atoms with Crippen LogP contribution in [0.1, 0.15) is 153 Å². The molecule has 0 aliphatic carbocycles. The molecule has 14 nitrogen and oxygen atoms in total. The topological polar surface area (TPSA) is 237 Å². The summed E-state index contributed by atoms with van der Waals surface area (Å²) in [4.78, 5) is 62.0. The van der Waals surface area contributed by atoms with E-state index in [1.807, 2.05) is 238 Å². The summed E-state index contributed by atoms with van der Waals surface area (Å²) in [6.45, 7) is 36.3. The maximum absolute atomic E-state index is 13.5. The number of allylic oxidation sites excluding steroid dienone is 6. The standard InChI is InChI=1S/C30H18F3N2.C26H22F3N2.C26H11N4.2C11H20O2.C5H8O2.3Ir/c1-18-14-25(30(31,32)33)17-26-27(18)35-29(24-13-11-20-7-3-5-9-22(20)16-24)28(34-26)23-12-10-19-6-2-4-8-21(19)15-23;1-14-6-15(2)9-19(8-14)24-25(20-10-16(3)7-17(4)11-20)31-23-18(5)12-21(26(27,28)29)13-22(23)30-24;27-13-16-11-22-23(12-17(16)14-28)30-26-24-18-6-2-1-5-15(18)9-10-20(24)19-7-3-4-8-21(19)25(26)29-22;2*1-10(2,3)8(12)7-9(13)11(4,5)6;1-4(6)3-5(2)7;;;/h2-11,13-17H,1H3;6-8,10-13H,1-5H3;1-7,9-12H;2*7,12H,1-6H3;3,6H,1-2H3;;;/q3*-1;;;;;;. The molecule has 683 valence electrons. The van der Waals surface area contributed by atoms with Gasteiger partial charge in [-0.15, -0.1) is 93.7 Å². The van der Waals surface area contributed by atoms with Crippen LogP contribution in [0.3, 0.4) is 0 Å². The summed E-state index contributed by atoms with van der Waals surface area (Å²) >= 11 is 0. The summed E-state index contributed by atoms with van der Waals surface area (Å²) in [6.07, 6.45) is -5.08. The molecule has 23 heteroatoms. The summed E-state index contributed by atoms with van der Waals surface area (Å²) in [5, 5.41) is 56.8. The van der Waals surface area contributed by atoms with Crippen LogP contribution in [0.2, 0.25) is 0 Å². The van der Waals surface area contributed by atoms with Gasteiger partial charge < -0.3 is 15.3 Å². The number of alkyl halides is 6. The monoisotopic (exact) mass is 2310 g/mol. The van der Waals surface area contributed by atoms with Gasteiger partial charge in [-0.2, -0.15) is 36.9 Å². The first-order chi connectivity index (χ1) is 60.4. The van der Waals surface area contributed by atoms with Gasteiger partial charge in [-0.3, -0.25) is 44.3 Å². The van der Waals surface area contributed by atoms with E-state index in [1.54, 1.807) is 26.0 Å². The number of hydrogen-bond donors (Lipinski definition) is 3. The number of nitrogens with zero attached hydrogens (tertiary/aromatic N) is 8. The van der Waals surface area contributed by atoms with Crippen LogP contribution in [-0.4, -0.2) is 62.6 Å². The average molecular weight is 2310 g/mol. The van der Waals surface area contributed by atoms with Crippen molar-refractivity contribution >= 4 is 115 Å². The molecule has 3 heterocycles. The van der Waals surface area contributed by atoms with Gasteiger partial charge in [0.25, 0.3) is 0 Å². The molecule has 0 saturated heterocycles. The van der Waals surface area contributed by atoms with Gasteiger partial charge in [-0.05, 0) is 133 Å². The normalized spacial score (nSPS) is 12.0. The van der Waals surface area contributed by atoms with Crippen molar-refractivity contribution in [2.24, 2.45) is 21.7 Å². The van der Waals surface area contributed by atoms with E-state index in [1.165, 1.54) is 32.1 Å². The molecule has 3 aromatic heterocycles. The number of carbonyl (C=O) groups excluding carboxylic acids is 3. The number of aliphatic hydroxyl groups excluding tert-OH is 3. The van der Waals surface area contributed by atoms with E-state index in [4.69, 9.17) is 35.0 Å². The Balaban J connectivity index is 0.000000207. The number of hydrogen-bond acceptors (Lipinski definition) is 14. The predicted octanol–water partition coefficient (Wildman–Crippen LogP) is 28.7. The Morgan fingerprint density at radius 2 is 0.833 bits per heavy atom. The zero-order chi connectivity index (χ0) is 94.5. The molecule has 0 atom stereocenters. The molecule has 16 aromatic rings. The average Bonchev–Trinajstić information content (AvgIpc) is 0.712. The van der Waals surface area contributed by atoms with E-state index >= 15 is 0 Å². The molecule has 0 aliphatic heterocycles. The molecule has 13 aromatic carbocycles. The third-order valence-corrected chi connectivity index (χ3v) is 21.0. The van der Waals surface area contributed by atoms with Gasteiger partial charge in [-0.1, -0.05) is 239 Å². The Morgan fingerprint density at radius 1 is 0.386 bits per heavy atom. The van der Waals surface area contributed by atoms with E-state index in [2.05, 4.69) is 66.7 Å². The quantitative estimate of drug-likeness (QED) is 0.0336. The second-order valence-electron chi connectivity index (χ2n) is 36.2. The molecule has 0 unspecified atom stereocenters. The van der Waals surface area contributed by atoms with Gasteiger partial charge in [0.2, 0.25) is 0 Å². The number of rotatable bonds is 7. The van der Waals surface area contributed by atoms with Crippen molar-refractivity contribution in [3.8, 4) is 57.2 Å². The molecular formula is C109H99F6Ir3N8O6-3. The van der Waals surface area contributed by atoms with Crippen molar-refractivity contribution in [3.05, 3.63) is 310 Å². The fraction of sp³-hybridized carbons (Fsp3) is 0.239. The van der Waals surface area contributed by atoms with Crippen LogP contribution in [0.15, 0.2) is 236 Å². The maximum Gasteiger partial charge on any atom is 0.416 e. The fourth-order valence-electron chi connectivity index (χ4n) is 14.2. The Kier molecular flexibility index (Phi) is 33.7. The van der Waals surface area contributed by atoms with E-state index < -0.39 is 34.3 Å². The largest absolute Gasteiger partial charge is 0.512 e. The van der Waals surface area contributed by atoms with Gasteiger partial charge in [0.1, 0.15) is 23.7 Å². The molecular weight excluding hydrogens is 2210 g/mol. The zero-order valence-corrected chi connectivity index (χ0v) is 83.9. The summed E-state index contributed by atoms with van der Waals surface area (Å²) in [6, 6.07) is 76.0. The van der Waals surface area contributed by atoms with Crippen LogP contribution in [0.25, 0.3) is 143 Å². The van der Waals surface area contributed by atoms with Crippen LogP contribution >= 0.6 is 0 Å². The Morgan fingerprint density at radius 3 is 1.30 bits per heavy atom. The maximum atomic E-state index is 13.5. The minimum absolute atomic E-state index is 0. The number of aryl methyl sites for hydroxylation is 6. The Labute approximate surface area is 805 Å². The van der Waals surface area contributed by atoms with Crippen LogP contribution < -0.4 is 0 Å². The molecule has 0 aliphatic rings. The minimum atomic E-state index is -4.47. The predicted molar refractivity (Wildman–Crippen MR) is 506 cm³/mol. The molecule has 0 bridgehead atoms. The minimum Gasteiger partial charge on any atom is -0.512 e. The van der Waals surface area contributed by atoms with E-state index in [0.717, 1.165) is 128 Å². The van der Waals surface area contributed by atoms with Crippen molar-refractivity contribution < 1.29 is 116 Å². The van der Waals surface area contributed by atoms with Gasteiger partial charge in [0.15, 0.2) is 17.3 Å². The molecule has 132 heavy (non-hydrogen) atoms. The molecule has 3 N–H and O–H groups in total. The third-order valence-electron chi connectivity index (χ3n) is 21.0. The van der Waals surface area contributed by atoms with E-state index in [-0.39, 0.29) is 117 Å². The van der Waals surface area contributed by atoms with Crippen LogP contribution in [0.4, 0.5) is 26.3 Å². The number of carbonyl (C=O) groups is 3. The summed E-state index contributed by atoms with van der Waals surface area (Å²) in [7, 11) is 0. The van der Waals surface area contributed by atoms with Crippen molar-refractivity contribution in [1.29, 1.82) is 10.5 Å². The van der Waals surface area contributed by atoms with Gasteiger partial charge in [0.05, 0.1) is 78.0 Å². The summed E-state index contributed by atoms with van der Waals surface area (Å²) in [5.41, 5.74) is 12.1. The van der Waals surface area contributed by atoms with Gasteiger partial charge in [0, 0.05) is 117 Å². The van der Waals surface area contributed by atoms with Gasteiger partial charge in [-0.25, -0.2) is 0 Å². The third kappa shape index (κ3) is 25.4. The molecule has 0 spiro atoms. The van der Waals surface area contributed by atoms with Crippen LogP contribution in [0, 0.1) is 104 Å². The second kappa shape index (κ2) is 42.4.